The lowest BCUT2D eigenvalue weighted by atomic mass is 9.93. The van der Waals surface area contributed by atoms with Gasteiger partial charge in [0, 0.05) is 44.7 Å². The zero-order chi connectivity index (χ0) is 17.8. The van der Waals surface area contributed by atoms with E-state index in [2.05, 4.69) is 31.2 Å². The number of anilines is 2. The number of aromatic nitrogens is 2. The molecule has 1 N–H and O–H groups in total. The Kier molecular flexibility index (Phi) is 5.56. The van der Waals surface area contributed by atoms with Crippen LogP contribution in [0.25, 0.3) is 0 Å². The second kappa shape index (κ2) is 8.23. The van der Waals surface area contributed by atoms with Gasteiger partial charge in [0.2, 0.25) is 5.91 Å². The normalized spacial score (nSPS) is 23.8. The highest BCUT2D eigenvalue weighted by molar-refractivity contribution is 5.76. The van der Waals surface area contributed by atoms with Gasteiger partial charge in [0.05, 0.1) is 0 Å². The third-order valence-electron chi connectivity index (χ3n) is 5.90. The summed E-state index contributed by atoms with van der Waals surface area (Å²) in [6, 6.07) is 2.69. The van der Waals surface area contributed by atoms with E-state index in [4.69, 9.17) is 0 Å². The summed E-state index contributed by atoms with van der Waals surface area (Å²) in [5.74, 6) is 2.92. The molecule has 6 nitrogen and oxygen atoms in total. The SMILES string of the molecule is O=C(CC[C@@H]1CCCN(c2cc(NC3CC3)ncn2)C1)N1CCCCC1. The summed E-state index contributed by atoms with van der Waals surface area (Å²) in [6.07, 6.45) is 11.9. The molecule has 3 heterocycles. The minimum atomic E-state index is 0.361. The standard InChI is InChI=1S/C20H31N5O/c26-20(24-10-2-1-3-11-24)9-6-16-5-4-12-25(14-16)19-13-18(21-15-22-19)23-17-7-8-17/h13,15-17H,1-12,14H2,(H,21,22,23)/t16-/m0/s1. The van der Waals surface area contributed by atoms with E-state index in [1.165, 1.54) is 44.9 Å². The van der Waals surface area contributed by atoms with Crippen molar-refractivity contribution >= 4 is 17.5 Å². The molecule has 0 unspecified atom stereocenters. The minimum Gasteiger partial charge on any atom is -0.367 e. The van der Waals surface area contributed by atoms with E-state index >= 15 is 0 Å². The predicted octanol–water partition coefficient (Wildman–Crippen LogP) is 3.06. The molecule has 1 aliphatic carbocycles. The van der Waals surface area contributed by atoms with Crippen LogP contribution in [0, 0.1) is 5.92 Å². The fourth-order valence-electron chi connectivity index (χ4n) is 4.17. The molecular formula is C20H31N5O. The van der Waals surface area contributed by atoms with Crippen molar-refractivity contribution in [1.82, 2.24) is 14.9 Å². The second-order valence-electron chi connectivity index (χ2n) is 8.11. The van der Waals surface area contributed by atoms with Gasteiger partial charge in [-0.25, -0.2) is 9.97 Å². The lowest BCUT2D eigenvalue weighted by molar-refractivity contribution is -0.132. The van der Waals surface area contributed by atoms with E-state index in [1.807, 2.05) is 0 Å². The van der Waals surface area contributed by atoms with Crippen LogP contribution in [-0.2, 0) is 4.79 Å². The van der Waals surface area contributed by atoms with Crippen LogP contribution in [0.15, 0.2) is 12.4 Å². The van der Waals surface area contributed by atoms with Crippen LogP contribution < -0.4 is 10.2 Å². The number of carbonyl (C=O) groups is 1. The third-order valence-corrected chi connectivity index (χ3v) is 5.90. The second-order valence-corrected chi connectivity index (χ2v) is 8.11. The maximum absolute atomic E-state index is 12.4. The van der Waals surface area contributed by atoms with E-state index in [0.29, 0.717) is 24.3 Å². The van der Waals surface area contributed by atoms with Crippen molar-refractivity contribution < 1.29 is 4.79 Å². The van der Waals surface area contributed by atoms with Gasteiger partial charge in [-0.15, -0.1) is 0 Å². The number of nitrogens with one attached hydrogen (secondary N) is 1. The largest absolute Gasteiger partial charge is 0.367 e. The fourth-order valence-corrected chi connectivity index (χ4v) is 4.17. The molecule has 26 heavy (non-hydrogen) atoms. The lowest BCUT2D eigenvalue weighted by Crippen LogP contribution is -2.38. The van der Waals surface area contributed by atoms with Gasteiger partial charge in [-0.2, -0.15) is 0 Å². The molecule has 1 aromatic heterocycles. The Morgan fingerprint density at radius 3 is 2.73 bits per heavy atom. The first-order valence-corrected chi connectivity index (χ1v) is 10.4. The highest BCUT2D eigenvalue weighted by atomic mass is 16.2. The van der Waals surface area contributed by atoms with E-state index in [1.54, 1.807) is 6.33 Å². The Bertz CT molecular complexity index is 612. The number of likely N-dealkylation sites (tertiary alicyclic amines) is 1. The number of hydrogen-bond acceptors (Lipinski definition) is 5. The number of carbonyl (C=O) groups excluding carboxylic acids is 1. The quantitative estimate of drug-likeness (QED) is 0.848. The molecule has 3 fully saturated rings. The number of nitrogens with zero attached hydrogens (tertiary/aromatic N) is 4. The molecule has 0 bridgehead atoms. The zero-order valence-corrected chi connectivity index (χ0v) is 15.7. The van der Waals surface area contributed by atoms with Crippen molar-refractivity contribution in [3.05, 3.63) is 12.4 Å². The number of amides is 1. The molecule has 3 aliphatic rings. The molecule has 0 radical (unpaired) electrons. The van der Waals surface area contributed by atoms with Gasteiger partial charge in [-0.1, -0.05) is 0 Å². The first-order chi connectivity index (χ1) is 12.8. The average molecular weight is 358 g/mol. The highest BCUT2D eigenvalue weighted by Gasteiger charge is 2.25. The molecule has 0 aromatic carbocycles. The molecule has 1 aromatic rings. The van der Waals surface area contributed by atoms with Crippen LogP contribution in [0.1, 0.15) is 57.8 Å². The Labute approximate surface area is 156 Å². The molecule has 4 rings (SSSR count). The van der Waals surface area contributed by atoms with Crippen molar-refractivity contribution in [2.45, 2.75) is 63.8 Å². The van der Waals surface area contributed by atoms with Gasteiger partial charge in [0.15, 0.2) is 0 Å². The first kappa shape index (κ1) is 17.6. The van der Waals surface area contributed by atoms with Gasteiger partial charge >= 0.3 is 0 Å². The van der Waals surface area contributed by atoms with E-state index in [9.17, 15) is 4.79 Å². The van der Waals surface area contributed by atoms with E-state index in [-0.39, 0.29) is 0 Å². The van der Waals surface area contributed by atoms with Gasteiger partial charge in [-0.3, -0.25) is 4.79 Å². The minimum absolute atomic E-state index is 0.361. The van der Waals surface area contributed by atoms with Gasteiger partial charge in [-0.05, 0) is 57.3 Å². The van der Waals surface area contributed by atoms with Gasteiger partial charge < -0.3 is 15.1 Å². The zero-order valence-electron chi connectivity index (χ0n) is 15.7. The summed E-state index contributed by atoms with van der Waals surface area (Å²) < 4.78 is 0. The Balaban J connectivity index is 1.28. The maximum Gasteiger partial charge on any atom is 0.222 e. The predicted molar refractivity (Wildman–Crippen MR) is 103 cm³/mol. The van der Waals surface area contributed by atoms with Gasteiger partial charge in [0.1, 0.15) is 18.0 Å². The van der Waals surface area contributed by atoms with E-state index in [0.717, 1.165) is 44.2 Å². The van der Waals surface area contributed by atoms with Crippen molar-refractivity contribution in [2.75, 3.05) is 36.4 Å². The summed E-state index contributed by atoms with van der Waals surface area (Å²) >= 11 is 0. The number of rotatable bonds is 6. The molecule has 0 spiro atoms. The molecule has 6 heteroatoms. The van der Waals surface area contributed by atoms with Crippen LogP contribution in [0.4, 0.5) is 11.6 Å². The van der Waals surface area contributed by atoms with Gasteiger partial charge in [0.25, 0.3) is 0 Å². The fraction of sp³-hybridized carbons (Fsp3) is 0.750. The van der Waals surface area contributed by atoms with Crippen LogP contribution in [0.5, 0.6) is 0 Å². The topological polar surface area (TPSA) is 61.4 Å². The highest BCUT2D eigenvalue weighted by Crippen LogP contribution is 2.28. The molecule has 1 atom stereocenters. The number of hydrogen-bond donors (Lipinski definition) is 1. The summed E-state index contributed by atoms with van der Waals surface area (Å²) in [4.78, 5) is 25.7. The average Bonchev–Trinajstić information content (AvgIpc) is 3.51. The van der Waals surface area contributed by atoms with Crippen LogP contribution >= 0.6 is 0 Å². The molecule has 1 amide bonds. The maximum atomic E-state index is 12.4. The summed E-state index contributed by atoms with van der Waals surface area (Å²) in [6.45, 7) is 3.99. The Morgan fingerprint density at radius 2 is 1.92 bits per heavy atom. The van der Waals surface area contributed by atoms with E-state index < -0.39 is 0 Å². The van der Waals surface area contributed by atoms with Crippen molar-refractivity contribution in [3.63, 3.8) is 0 Å². The summed E-state index contributed by atoms with van der Waals surface area (Å²) in [5.41, 5.74) is 0. The summed E-state index contributed by atoms with van der Waals surface area (Å²) in [7, 11) is 0. The van der Waals surface area contributed by atoms with Crippen LogP contribution in [0.2, 0.25) is 0 Å². The molecule has 2 saturated heterocycles. The first-order valence-electron chi connectivity index (χ1n) is 10.4. The molecular weight excluding hydrogens is 326 g/mol. The lowest BCUT2D eigenvalue weighted by Gasteiger charge is -2.34. The Hall–Kier alpha value is -1.85. The van der Waals surface area contributed by atoms with Crippen molar-refractivity contribution in [1.29, 1.82) is 0 Å². The third kappa shape index (κ3) is 4.65. The monoisotopic (exact) mass is 357 g/mol. The molecule has 1 saturated carbocycles. The molecule has 142 valence electrons. The Morgan fingerprint density at radius 1 is 1.08 bits per heavy atom. The molecule has 2 aliphatic heterocycles. The smallest absolute Gasteiger partial charge is 0.222 e. The van der Waals surface area contributed by atoms with Crippen LogP contribution in [0.3, 0.4) is 0 Å². The van der Waals surface area contributed by atoms with Crippen molar-refractivity contribution in [2.24, 2.45) is 5.92 Å². The summed E-state index contributed by atoms with van der Waals surface area (Å²) in [5, 5.41) is 3.46. The van der Waals surface area contributed by atoms with Crippen LogP contribution in [-0.4, -0.2) is 53.0 Å². The number of piperidine rings is 2. The van der Waals surface area contributed by atoms with Crippen molar-refractivity contribution in [3.8, 4) is 0 Å².